The molecule has 1 aliphatic carbocycles. The number of amides is 1. The highest BCUT2D eigenvalue weighted by Crippen LogP contribution is 2.44. The minimum absolute atomic E-state index is 0.0631. The smallest absolute Gasteiger partial charge is 0.251 e. The number of aromatic nitrogens is 2. The second-order valence-corrected chi connectivity index (χ2v) is 5.41. The molecule has 2 aromatic rings. The normalized spacial score (nSPS) is 15.8. The number of aliphatic hydroxyl groups excluding tert-OH is 1. The number of H-pyrrole nitrogens is 1. The van der Waals surface area contributed by atoms with Gasteiger partial charge < -0.3 is 10.4 Å². The van der Waals surface area contributed by atoms with Gasteiger partial charge in [0.15, 0.2) is 0 Å². The number of rotatable bonds is 5. The van der Waals surface area contributed by atoms with Crippen LogP contribution in [0.15, 0.2) is 36.7 Å². The molecule has 1 aliphatic rings. The van der Waals surface area contributed by atoms with Gasteiger partial charge in [0.1, 0.15) is 0 Å². The number of nitrogens with one attached hydrogen (secondary N) is 2. The largest absolute Gasteiger partial charge is 0.396 e. The molecular formula is C15H17N3O2. The zero-order chi connectivity index (χ0) is 14.0. The van der Waals surface area contributed by atoms with Gasteiger partial charge in [0.05, 0.1) is 12.8 Å². The van der Waals surface area contributed by atoms with Gasteiger partial charge >= 0.3 is 0 Å². The summed E-state index contributed by atoms with van der Waals surface area (Å²) in [4.78, 5) is 12.0. The van der Waals surface area contributed by atoms with Crippen LogP contribution in [-0.2, 0) is 0 Å². The number of hydrogen-bond donors (Lipinski definition) is 3. The lowest BCUT2D eigenvalue weighted by molar-refractivity contribution is 0.0935. The highest BCUT2D eigenvalue weighted by Gasteiger charge is 2.42. The molecule has 1 heterocycles. The van der Waals surface area contributed by atoms with E-state index in [0.717, 1.165) is 24.0 Å². The maximum atomic E-state index is 12.0. The topological polar surface area (TPSA) is 78.0 Å². The number of carbonyl (C=O) groups excluding carboxylic acids is 1. The van der Waals surface area contributed by atoms with Crippen molar-refractivity contribution in [2.45, 2.75) is 12.8 Å². The van der Waals surface area contributed by atoms with E-state index in [4.69, 9.17) is 0 Å². The average Bonchev–Trinajstić information content (AvgIpc) is 3.07. The first kappa shape index (κ1) is 12.9. The molecule has 0 aliphatic heterocycles. The zero-order valence-corrected chi connectivity index (χ0v) is 11.1. The Morgan fingerprint density at radius 2 is 2.05 bits per heavy atom. The quantitative estimate of drug-likeness (QED) is 0.772. The SMILES string of the molecule is O=C(NCC1(CO)CC1)c1ccc(-c2cn[nH]c2)cc1. The maximum absolute atomic E-state index is 12.0. The molecule has 5 nitrogen and oxygen atoms in total. The average molecular weight is 271 g/mol. The van der Waals surface area contributed by atoms with Crippen LogP contribution >= 0.6 is 0 Å². The minimum atomic E-state index is -0.0940. The molecule has 1 amide bonds. The van der Waals surface area contributed by atoms with Crippen molar-refractivity contribution in [1.82, 2.24) is 15.5 Å². The van der Waals surface area contributed by atoms with Gasteiger partial charge in [-0.05, 0) is 30.5 Å². The maximum Gasteiger partial charge on any atom is 0.251 e. The van der Waals surface area contributed by atoms with Crippen LogP contribution in [0.1, 0.15) is 23.2 Å². The summed E-state index contributed by atoms with van der Waals surface area (Å²) in [6.07, 6.45) is 5.53. The first-order valence-electron chi connectivity index (χ1n) is 6.71. The van der Waals surface area contributed by atoms with Gasteiger partial charge in [0, 0.05) is 29.3 Å². The Morgan fingerprint density at radius 3 is 2.60 bits per heavy atom. The molecule has 1 aromatic carbocycles. The highest BCUT2D eigenvalue weighted by molar-refractivity contribution is 5.94. The first-order chi connectivity index (χ1) is 9.72. The van der Waals surface area contributed by atoms with Gasteiger partial charge in [0.2, 0.25) is 0 Å². The molecule has 0 spiro atoms. The third-order valence-corrected chi connectivity index (χ3v) is 3.90. The Morgan fingerprint density at radius 1 is 1.30 bits per heavy atom. The molecule has 1 saturated carbocycles. The van der Waals surface area contributed by atoms with Crippen molar-refractivity contribution in [2.24, 2.45) is 5.41 Å². The fourth-order valence-electron chi connectivity index (χ4n) is 2.16. The van der Waals surface area contributed by atoms with Gasteiger partial charge in [-0.25, -0.2) is 0 Å². The van der Waals surface area contributed by atoms with E-state index in [9.17, 15) is 9.90 Å². The van der Waals surface area contributed by atoms with E-state index in [0.29, 0.717) is 12.1 Å². The van der Waals surface area contributed by atoms with Crippen molar-refractivity contribution >= 4 is 5.91 Å². The second kappa shape index (κ2) is 5.09. The van der Waals surface area contributed by atoms with Crippen LogP contribution in [0.3, 0.4) is 0 Å². The van der Waals surface area contributed by atoms with Gasteiger partial charge in [-0.3, -0.25) is 9.89 Å². The van der Waals surface area contributed by atoms with E-state index in [1.807, 2.05) is 18.3 Å². The monoisotopic (exact) mass is 271 g/mol. The summed E-state index contributed by atoms with van der Waals surface area (Å²) in [6, 6.07) is 7.41. The summed E-state index contributed by atoms with van der Waals surface area (Å²) in [5.41, 5.74) is 2.58. The minimum Gasteiger partial charge on any atom is -0.396 e. The number of nitrogens with zero attached hydrogens (tertiary/aromatic N) is 1. The number of hydrogen-bond acceptors (Lipinski definition) is 3. The van der Waals surface area contributed by atoms with E-state index < -0.39 is 0 Å². The highest BCUT2D eigenvalue weighted by atomic mass is 16.3. The zero-order valence-electron chi connectivity index (χ0n) is 11.1. The third-order valence-electron chi connectivity index (χ3n) is 3.90. The summed E-state index contributed by atoms with van der Waals surface area (Å²) in [7, 11) is 0. The standard InChI is InChI=1S/C15H17N3O2/c19-10-15(5-6-15)9-16-14(20)12-3-1-11(2-4-12)13-7-17-18-8-13/h1-4,7-8,19H,5-6,9-10H2,(H,16,20)(H,17,18). The molecule has 0 radical (unpaired) electrons. The molecule has 0 saturated heterocycles. The number of aromatic amines is 1. The van der Waals surface area contributed by atoms with E-state index >= 15 is 0 Å². The van der Waals surface area contributed by atoms with Gasteiger partial charge in [-0.15, -0.1) is 0 Å². The molecule has 3 N–H and O–H groups in total. The van der Waals surface area contributed by atoms with Crippen molar-refractivity contribution in [3.63, 3.8) is 0 Å². The van der Waals surface area contributed by atoms with E-state index in [-0.39, 0.29) is 17.9 Å². The van der Waals surface area contributed by atoms with Gasteiger partial charge in [-0.1, -0.05) is 12.1 Å². The van der Waals surface area contributed by atoms with E-state index in [1.165, 1.54) is 0 Å². The lowest BCUT2D eigenvalue weighted by Gasteiger charge is -2.12. The van der Waals surface area contributed by atoms with Crippen LogP contribution in [0, 0.1) is 5.41 Å². The van der Waals surface area contributed by atoms with Crippen LogP contribution in [-0.4, -0.2) is 34.4 Å². The molecule has 104 valence electrons. The van der Waals surface area contributed by atoms with Gasteiger partial charge in [-0.2, -0.15) is 5.10 Å². The summed E-state index contributed by atoms with van der Waals surface area (Å²) in [6.45, 7) is 0.693. The Kier molecular flexibility index (Phi) is 3.28. The number of carbonyl (C=O) groups is 1. The predicted octanol–water partition coefficient (Wildman–Crippen LogP) is 1.58. The van der Waals surface area contributed by atoms with Crippen molar-refractivity contribution < 1.29 is 9.90 Å². The Bertz CT molecular complexity index is 586. The molecule has 1 fully saturated rings. The third kappa shape index (κ3) is 2.58. The van der Waals surface area contributed by atoms with E-state index in [2.05, 4.69) is 15.5 Å². The molecule has 20 heavy (non-hydrogen) atoms. The lowest BCUT2D eigenvalue weighted by Crippen LogP contribution is -2.31. The fourth-order valence-corrected chi connectivity index (χ4v) is 2.16. The fraction of sp³-hybridized carbons (Fsp3) is 0.333. The second-order valence-electron chi connectivity index (χ2n) is 5.41. The first-order valence-corrected chi connectivity index (χ1v) is 6.71. The molecule has 0 unspecified atom stereocenters. The molecule has 3 rings (SSSR count). The summed E-state index contributed by atoms with van der Waals surface area (Å²) in [5, 5.41) is 18.8. The summed E-state index contributed by atoms with van der Waals surface area (Å²) >= 11 is 0. The predicted molar refractivity (Wildman–Crippen MR) is 75.1 cm³/mol. The van der Waals surface area contributed by atoms with Crippen molar-refractivity contribution in [1.29, 1.82) is 0 Å². The van der Waals surface area contributed by atoms with E-state index in [1.54, 1.807) is 18.3 Å². The van der Waals surface area contributed by atoms with Crippen LogP contribution < -0.4 is 5.32 Å². The Labute approximate surface area is 117 Å². The molecule has 0 atom stereocenters. The van der Waals surface area contributed by atoms with Crippen molar-refractivity contribution in [2.75, 3.05) is 13.2 Å². The molecule has 0 bridgehead atoms. The summed E-state index contributed by atoms with van der Waals surface area (Å²) < 4.78 is 0. The van der Waals surface area contributed by atoms with Crippen LogP contribution in [0.25, 0.3) is 11.1 Å². The van der Waals surface area contributed by atoms with Crippen LogP contribution in [0.2, 0.25) is 0 Å². The van der Waals surface area contributed by atoms with Gasteiger partial charge in [0.25, 0.3) is 5.91 Å². The lowest BCUT2D eigenvalue weighted by atomic mass is 10.1. The Hall–Kier alpha value is -2.14. The Balaban J connectivity index is 1.64. The number of benzene rings is 1. The molecular weight excluding hydrogens is 254 g/mol. The van der Waals surface area contributed by atoms with Crippen molar-refractivity contribution in [3.8, 4) is 11.1 Å². The molecule has 1 aromatic heterocycles. The van der Waals surface area contributed by atoms with Crippen LogP contribution in [0.4, 0.5) is 0 Å². The van der Waals surface area contributed by atoms with Crippen molar-refractivity contribution in [3.05, 3.63) is 42.2 Å². The molecule has 5 heteroatoms. The number of aliphatic hydroxyl groups is 1. The summed E-state index contributed by atoms with van der Waals surface area (Å²) in [5.74, 6) is -0.0940. The van der Waals surface area contributed by atoms with Crippen LogP contribution in [0.5, 0.6) is 0 Å².